The quantitative estimate of drug-likeness (QED) is 0.613. The summed E-state index contributed by atoms with van der Waals surface area (Å²) in [7, 11) is 1.61. The van der Waals surface area contributed by atoms with Crippen LogP contribution in [0.5, 0.6) is 5.75 Å². The van der Waals surface area contributed by atoms with Gasteiger partial charge in [-0.05, 0) is 22.4 Å². The molecule has 4 heteroatoms. The Morgan fingerprint density at radius 2 is 2.09 bits per heavy atom. The van der Waals surface area contributed by atoms with Gasteiger partial charge < -0.3 is 4.74 Å². The van der Waals surface area contributed by atoms with E-state index in [1.807, 2.05) is 6.07 Å². The Morgan fingerprint density at radius 1 is 1.27 bits per heavy atom. The monoisotopic (exact) mass is 150 g/mol. The van der Waals surface area contributed by atoms with Gasteiger partial charge in [0.1, 0.15) is 16.8 Å². The highest BCUT2D eigenvalue weighted by Gasteiger charge is 1.99. The van der Waals surface area contributed by atoms with Gasteiger partial charge in [0.05, 0.1) is 7.11 Å². The largest absolute Gasteiger partial charge is 0.497 e. The molecule has 0 saturated heterocycles. The Morgan fingerprint density at radius 3 is 2.91 bits per heavy atom. The smallest absolute Gasteiger partial charge is 0.138 e. The molecule has 0 aliphatic carbocycles. The van der Waals surface area contributed by atoms with Crippen molar-refractivity contribution in [2.24, 2.45) is 0 Å². The molecule has 1 heterocycles. The fourth-order valence-electron chi connectivity index (χ4n) is 0.889. The molecule has 1 aromatic heterocycles. The molecule has 2 rings (SSSR count). The molecular weight excluding hydrogens is 144 g/mol. The second-order valence-corrected chi connectivity index (χ2v) is 2.12. The second-order valence-electron chi connectivity index (χ2n) is 2.12. The molecule has 0 radical (unpaired) electrons. The molecule has 0 fully saturated rings. The van der Waals surface area contributed by atoms with Crippen molar-refractivity contribution in [1.82, 2.24) is 10.3 Å². The Bertz CT molecular complexity index is 369. The molecule has 0 bridgehead atoms. The van der Waals surface area contributed by atoms with Gasteiger partial charge in [-0.25, -0.2) is 4.63 Å². The van der Waals surface area contributed by atoms with E-state index in [1.54, 1.807) is 19.2 Å². The van der Waals surface area contributed by atoms with Gasteiger partial charge in [-0.15, -0.1) is 0 Å². The summed E-state index contributed by atoms with van der Waals surface area (Å²) in [6.07, 6.45) is 0. The zero-order chi connectivity index (χ0) is 7.68. The minimum absolute atomic E-state index is 0.712. The van der Waals surface area contributed by atoms with Crippen molar-refractivity contribution < 1.29 is 9.37 Å². The third-order valence-electron chi connectivity index (χ3n) is 1.46. The van der Waals surface area contributed by atoms with E-state index in [9.17, 15) is 0 Å². The Kier molecular flexibility index (Phi) is 1.25. The van der Waals surface area contributed by atoms with Crippen molar-refractivity contribution in [2.75, 3.05) is 7.11 Å². The maximum absolute atomic E-state index is 4.98. The third-order valence-corrected chi connectivity index (χ3v) is 1.46. The van der Waals surface area contributed by atoms with Crippen LogP contribution < -0.4 is 4.74 Å². The van der Waals surface area contributed by atoms with Crippen LogP contribution in [0.3, 0.4) is 0 Å². The van der Waals surface area contributed by atoms with E-state index in [1.165, 1.54) is 0 Å². The number of benzene rings is 1. The van der Waals surface area contributed by atoms with Crippen LogP contribution in [0, 0.1) is 0 Å². The molecule has 56 valence electrons. The first kappa shape index (κ1) is 6.15. The predicted molar refractivity (Wildman–Crippen MR) is 38.4 cm³/mol. The van der Waals surface area contributed by atoms with E-state index >= 15 is 0 Å². The van der Waals surface area contributed by atoms with Crippen LogP contribution in [0.1, 0.15) is 0 Å². The van der Waals surface area contributed by atoms with Crippen molar-refractivity contribution >= 4 is 11.0 Å². The van der Waals surface area contributed by atoms with Crippen molar-refractivity contribution in [2.45, 2.75) is 0 Å². The van der Waals surface area contributed by atoms with Crippen LogP contribution in [0.15, 0.2) is 22.8 Å². The third kappa shape index (κ3) is 0.920. The molecule has 0 atom stereocenters. The number of nitrogens with zero attached hydrogens (tertiary/aromatic N) is 2. The van der Waals surface area contributed by atoms with Crippen LogP contribution in [0.4, 0.5) is 0 Å². The van der Waals surface area contributed by atoms with Crippen LogP contribution in [0.25, 0.3) is 11.0 Å². The van der Waals surface area contributed by atoms with Crippen molar-refractivity contribution in [3.05, 3.63) is 18.2 Å². The van der Waals surface area contributed by atoms with Gasteiger partial charge in [0.2, 0.25) is 0 Å². The second kappa shape index (κ2) is 2.23. The van der Waals surface area contributed by atoms with Crippen LogP contribution in [0.2, 0.25) is 0 Å². The van der Waals surface area contributed by atoms with Gasteiger partial charge in [-0.3, -0.25) is 0 Å². The highest BCUT2D eigenvalue weighted by atomic mass is 16.6. The molecular formula is C7H6N2O2. The molecule has 0 amide bonds. The lowest BCUT2D eigenvalue weighted by atomic mass is 10.3. The van der Waals surface area contributed by atoms with E-state index in [0.717, 1.165) is 11.3 Å². The Labute approximate surface area is 62.7 Å². The zero-order valence-electron chi connectivity index (χ0n) is 5.94. The first-order chi connectivity index (χ1) is 5.40. The summed E-state index contributed by atoms with van der Waals surface area (Å²) in [5.41, 5.74) is 1.45. The summed E-state index contributed by atoms with van der Waals surface area (Å²) in [5, 5.41) is 7.31. The summed E-state index contributed by atoms with van der Waals surface area (Å²) in [5.74, 6) is 0.758. The van der Waals surface area contributed by atoms with Crippen LogP contribution >= 0.6 is 0 Å². The van der Waals surface area contributed by atoms with Gasteiger partial charge in [0, 0.05) is 6.07 Å². The molecule has 4 nitrogen and oxygen atoms in total. The van der Waals surface area contributed by atoms with E-state index in [2.05, 4.69) is 14.9 Å². The standard InChI is InChI=1S/C7H6N2O2/c1-10-5-2-3-6-7(4-5)9-11-8-6/h2-4H,1H3. The number of hydrogen-bond donors (Lipinski definition) is 0. The molecule has 0 aliphatic heterocycles. The van der Waals surface area contributed by atoms with Crippen molar-refractivity contribution in [3.8, 4) is 5.75 Å². The number of ether oxygens (including phenoxy) is 1. The molecule has 2 aromatic rings. The van der Waals surface area contributed by atoms with Gasteiger partial charge >= 0.3 is 0 Å². The molecule has 1 aromatic carbocycles. The summed E-state index contributed by atoms with van der Waals surface area (Å²) in [6.45, 7) is 0. The average molecular weight is 150 g/mol. The van der Waals surface area contributed by atoms with E-state index < -0.39 is 0 Å². The number of aromatic nitrogens is 2. The molecule has 11 heavy (non-hydrogen) atoms. The van der Waals surface area contributed by atoms with Crippen molar-refractivity contribution in [1.29, 1.82) is 0 Å². The van der Waals surface area contributed by atoms with E-state index in [4.69, 9.17) is 4.74 Å². The molecule has 0 N–H and O–H groups in total. The minimum Gasteiger partial charge on any atom is -0.497 e. The van der Waals surface area contributed by atoms with Gasteiger partial charge in [0.25, 0.3) is 0 Å². The molecule has 0 saturated carbocycles. The number of methoxy groups -OCH3 is 1. The topological polar surface area (TPSA) is 48.2 Å². The highest BCUT2D eigenvalue weighted by molar-refractivity contribution is 5.74. The fourth-order valence-corrected chi connectivity index (χ4v) is 0.889. The molecule has 0 unspecified atom stereocenters. The number of rotatable bonds is 1. The minimum atomic E-state index is 0.712. The average Bonchev–Trinajstić information content (AvgIpc) is 2.50. The van der Waals surface area contributed by atoms with E-state index in [-0.39, 0.29) is 0 Å². The van der Waals surface area contributed by atoms with Gasteiger partial charge in [-0.2, -0.15) is 0 Å². The predicted octanol–water partition coefficient (Wildman–Crippen LogP) is 1.23. The maximum Gasteiger partial charge on any atom is 0.138 e. The first-order valence-electron chi connectivity index (χ1n) is 3.16. The summed E-state index contributed by atoms with van der Waals surface area (Å²) < 4.78 is 9.49. The first-order valence-corrected chi connectivity index (χ1v) is 3.16. The summed E-state index contributed by atoms with van der Waals surface area (Å²) >= 11 is 0. The van der Waals surface area contributed by atoms with Crippen LogP contribution in [-0.4, -0.2) is 17.4 Å². The normalized spacial score (nSPS) is 10.3. The maximum atomic E-state index is 4.98. The lowest BCUT2D eigenvalue weighted by Crippen LogP contribution is -1.80. The molecule has 0 aliphatic rings. The lowest BCUT2D eigenvalue weighted by Gasteiger charge is -1.94. The summed E-state index contributed by atoms with van der Waals surface area (Å²) in [4.78, 5) is 0. The Hall–Kier alpha value is -1.58. The number of fused-ring (bicyclic) bond motifs is 1. The SMILES string of the molecule is COc1ccc2nonc2c1. The van der Waals surface area contributed by atoms with Crippen molar-refractivity contribution in [3.63, 3.8) is 0 Å². The zero-order valence-corrected chi connectivity index (χ0v) is 5.94. The highest BCUT2D eigenvalue weighted by Crippen LogP contribution is 2.16. The number of hydrogen-bond acceptors (Lipinski definition) is 4. The molecule has 0 spiro atoms. The fraction of sp³-hybridized carbons (Fsp3) is 0.143. The summed E-state index contributed by atoms with van der Waals surface area (Å²) in [6, 6.07) is 5.38. The Balaban J connectivity index is 2.67. The lowest BCUT2D eigenvalue weighted by molar-refractivity contribution is 0.315. The van der Waals surface area contributed by atoms with Gasteiger partial charge in [0.15, 0.2) is 0 Å². The van der Waals surface area contributed by atoms with Gasteiger partial charge in [-0.1, -0.05) is 0 Å². The van der Waals surface area contributed by atoms with E-state index in [0.29, 0.717) is 5.52 Å². The van der Waals surface area contributed by atoms with Crippen LogP contribution in [-0.2, 0) is 0 Å².